The summed E-state index contributed by atoms with van der Waals surface area (Å²) in [5, 5.41) is 0. The molecule has 106 valence electrons. The van der Waals surface area contributed by atoms with Crippen LogP contribution in [0.1, 0.15) is 43.0 Å². The van der Waals surface area contributed by atoms with E-state index in [0.717, 1.165) is 0 Å². The van der Waals surface area contributed by atoms with Crippen molar-refractivity contribution in [2.24, 2.45) is 0 Å². The summed E-state index contributed by atoms with van der Waals surface area (Å²) >= 11 is 0. The molecule has 1 rings (SSSR count). The monoisotopic (exact) mass is 264 g/mol. The number of ether oxygens (including phenoxy) is 1. The van der Waals surface area contributed by atoms with Crippen LogP contribution in [0.25, 0.3) is 0 Å². The lowest BCUT2D eigenvalue weighted by Crippen LogP contribution is -2.40. The standard InChI is InChI=1S/C15H24N2O2/c1-10-7-12(3)13(8-11(10)2)9-16-17-14(18)19-15(4,5)6/h7-8,16H,9H2,1-6H3,(H,17,18). The van der Waals surface area contributed by atoms with Gasteiger partial charge in [0, 0.05) is 6.54 Å². The normalized spacial score (nSPS) is 11.3. The molecule has 0 atom stereocenters. The molecule has 0 radical (unpaired) electrons. The predicted molar refractivity (Wildman–Crippen MR) is 76.9 cm³/mol. The summed E-state index contributed by atoms with van der Waals surface area (Å²) in [5.41, 5.74) is 9.85. The van der Waals surface area contributed by atoms with E-state index in [1.807, 2.05) is 20.8 Å². The topological polar surface area (TPSA) is 50.4 Å². The fraction of sp³-hybridized carbons (Fsp3) is 0.533. The second-order valence-electron chi connectivity index (χ2n) is 5.84. The third kappa shape index (κ3) is 5.30. The molecule has 0 saturated carbocycles. The van der Waals surface area contributed by atoms with Crippen LogP contribution in [0.5, 0.6) is 0 Å². The minimum absolute atomic E-state index is 0.464. The van der Waals surface area contributed by atoms with E-state index in [-0.39, 0.29) is 0 Å². The van der Waals surface area contributed by atoms with Gasteiger partial charge < -0.3 is 4.74 Å². The largest absolute Gasteiger partial charge is 0.443 e. The number of rotatable bonds is 3. The van der Waals surface area contributed by atoms with Gasteiger partial charge in [0.25, 0.3) is 0 Å². The van der Waals surface area contributed by atoms with Crippen molar-refractivity contribution in [3.8, 4) is 0 Å². The number of carbonyl (C=O) groups is 1. The smallest absolute Gasteiger partial charge is 0.422 e. The van der Waals surface area contributed by atoms with Crippen LogP contribution in [0.15, 0.2) is 12.1 Å². The maximum absolute atomic E-state index is 11.5. The van der Waals surface area contributed by atoms with Crippen molar-refractivity contribution in [2.45, 2.75) is 53.7 Å². The zero-order valence-corrected chi connectivity index (χ0v) is 12.7. The number of hydrazine groups is 1. The Balaban J connectivity index is 2.50. The molecule has 0 aliphatic rings. The number of benzene rings is 1. The summed E-state index contributed by atoms with van der Waals surface area (Å²) in [5.74, 6) is 0. The summed E-state index contributed by atoms with van der Waals surface area (Å²) in [6.45, 7) is 12.3. The van der Waals surface area contributed by atoms with Crippen LogP contribution in [-0.4, -0.2) is 11.7 Å². The molecule has 0 aromatic heterocycles. The molecule has 4 nitrogen and oxygen atoms in total. The molecule has 2 N–H and O–H groups in total. The highest BCUT2D eigenvalue weighted by Gasteiger charge is 2.15. The number of carbonyl (C=O) groups excluding carboxylic acids is 1. The molecule has 0 fully saturated rings. The van der Waals surface area contributed by atoms with E-state index >= 15 is 0 Å². The van der Waals surface area contributed by atoms with Crippen LogP contribution in [-0.2, 0) is 11.3 Å². The van der Waals surface area contributed by atoms with E-state index < -0.39 is 11.7 Å². The van der Waals surface area contributed by atoms with Crippen molar-refractivity contribution in [3.05, 3.63) is 34.4 Å². The maximum Gasteiger partial charge on any atom is 0.422 e. The van der Waals surface area contributed by atoms with Crippen molar-refractivity contribution in [2.75, 3.05) is 0 Å². The molecule has 1 aromatic rings. The van der Waals surface area contributed by atoms with Gasteiger partial charge in [-0.3, -0.25) is 5.43 Å². The molecule has 0 saturated heterocycles. The zero-order valence-electron chi connectivity index (χ0n) is 12.7. The molecule has 0 aliphatic carbocycles. The maximum atomic E-state index is 11.5. The fourth-order valence-corrected chi connectivity index (χ4v) is 1.73. The molecule has 0 unspecified atom stereocenters. The van der Waals surface area contributed by atoms with E-state index in [1.54, 1.807) is 0 Å². The fourth-order valence-electron chi connectivity index (χ4n) is 1.73. The lowest BCUT2D eigenvalue weighted by Gasteiger charge is -2.20. The van der Waals surface area contributed by atoms with Crippen molar-refractivity contribution in [1.82, 2.24) is 10.9 Å². The van der Waals surface area contributed by atoms with Crippen LogP contribution in [0, 0.1) is 20.8 Å². The van der Waals surface area contributed by atoms with E-state index in [2.05, 4.69) is 43.8 Å². The minimum atomic E-state index is -0.484. The van der Waals surface area contributed by atoms with Crippen LogP contribution in [0.4, 0.5) is 4.79 Å². The van der Waals surface area contributed by atoms with Crippen molar-refractivity contribution in [1.29, 1.82) is 0 Å². The quantitative estimate of drug-likeness (QED) is 0.825. The van der Waals surface area contributed by atoms with Gasteiger partial charge in [-0.2, -0.15) is 0 Å². The summed E-state index contributed by atoms with van der Waals surface area (Å²) in [4.78, 5) is 11.5. The first-order valence-electron chi connectivity index (χ1n) is 6.47. The van der Waals surface area contributed by atoms with E-state index in [9.17, 15) is 4.79 Å². The Bertz CT molecular complexity index is 462. The van der Waals surface area contributed by atoms with Crippen molar-refractivity contribution in [3.63, 3.8) is 0 Å². The molecule has 19 heavy (non-hydrogen) atoms. The van der Waals surface area contributed by atoms with Crippen LogP contribution >= 0.6 is 0 Å². The van der Waals surface area contributed by atoms with Gasteiger partial charge in [0.15, 0.2) is 0 Å². The number of hydrogen-bond acceptors (Lipinski definition) is 3. The van der Waals surface area contributed by atoms with Crippen LogP contribution < -0.4 is 10.9 Å². The highest BCUT2D eigenvalue weighted by Crippen LogP contribution is 2.14. The third-order valence-electron chi connectivity index (χ3n) is 2.82. The Morgan fingerprint density at radius 1 is 1.11 bits per heavy atom. The van der Waals surface area contributed by atoms with Crippen LogP contribution in [0.3, 0.4) is 0 Å². The molecular weight excluding hydrogens is 240 g/mol. The Morgan fingerprint density at radius 3 is 2.26 bits per heavy atom. The second kappa shape index (κ2) is 6.06. The van der Waals surface area contributed by atoms with Gasteiger partial charge in [0.1, 0.15) is 5.60 Å². The Labute approximate surface area is 115 Å². The lowest BCUT2D eigenvalue weighted by molar-refractivity contribution is 0.0497. The summed E-state index contributed by atoms with van der Waals surface area (Å²) in [7, 11) is 0. The number of hydrogen-bond donors (Lipinski definition) is 2. The molecule has 0 spiro atoms. The first-order chi connectivity index (χ1) is 8.69. The SMILES string of the molecule is Cc1cc(C)c(CNNC(=O)OC(C)(C)C)cc1C. The Morgan fingerprint density at radius 2 is 1.68 bits per heavy atom. The van der Waals surface area contributed by atoms with Crippen molar-refractivity contribution >= 4 is 6.09 Å². The summed E-state index contributed by atoms with van der Waals surface area (Å²) in [6, 6.07) is 4.29. The highest BCUT2D eigenvalue weighted by atomic mass is 16.6. The highest BCUT2D eigenvalue weighted by molar-refractivity contribution is 5.67. The van der Waals surface area contributed by atoms with Crippen molar-refractivity contribution < 1.29 is 9.53 Å². The second-order valence-corrected chi connectivity index (χ2v) is 5.84. The lowest BCUT2D eigenvalue weighted by atomic mass is 10.0. The van der Waals surface area contributed by atoms with E-state index in [1.165, 1.54) is 22.3 Å². The Hall–Kier alpha value is -1.55. The number of aryl methyl sites for hydroxylation is 3. The minimum Gasteiger partial charge on any atom is -0.443 e. The Kier molecular flexibility index (Phi) is 4.95. The molecule has 1 amide bonds. The van der Waals surface area contributed by atoms with Gasteiger partial charge in [-0.25, -0.2) is 10.2 Å². The van der Waals surface area contributed by atoms with Gasteiger partial charge in [-0.15, -0.1) is 0 Å². The number of amides is 1. The van der Waals surface area contributed by atoms with Gasteiger partial charge in [0.05, 0.1) is 0 Å². The average Bonchev–Trinajstić information content (AvgIpc) is 2.22. The molecule has 1 aromatic carbocycles. The summed E-state index contributed by atoms with van der Waals surface area (Å²) < 4.78 is 5.14. The van der Waals surface area contributed by atoms with E-state index in [4.69, 9.17) is 4.74 Å². The zero-order chi connectivity index (χ0) is 14.6. The van der Waals surface area contributed by atoms with Gasteiger partial charge >= 0.3 is 6.09 Å². The van der Waals surface area contributed by atoms with E-state index in [0.29, 0.717) is 6.54 Å². The van der Waals surface area contributed by atoms with Gasteiger partial charge in [-0.05, 0) is 63.8 Å². The average molecular weight is 264 g/mol. The molecule has 0 heterocycles. The van der Waals surface area contributed by atoms with Gasteiger partial charge in [0.2, 0.25) is 0 Å². The van der Waals surface area contributed by atoms with Gasteiger partial charge in [-0.1, -0.05) is 12.1 Å². The predicted octanol–water partition coefficient (Wildman–Crippen LogP) is 3.14. The molecule has 0 aliphatic heterocycles. The first-order valence-corrected chi connectivity index (χ1v) is 6.47. The third-order valence-corrected chi connectivity index (χ3v) is 2.82. The number of nitrogens with one attached hydrogen (secondary N) is 2. The molecule has 4 heteroatoms. The van der Waals surface area contributed by atoms with Crippen LogP contribution in [0.2, 0.25) is 0 Å². The molecule has 0 bridgehead atoms. The first kappa shape index (κ1) is 15.5. The molecular formula is C15H24N2O2. The summed E-state index contributed by atoms with van der Waals surface area (Å²) in [6.07, 6.45) is -0.464.